The lowest BCUT2D eigenvalue weighted by molar-refractivity contribution is -0.117. The van der Waals surface area contributed by atoms with Crippen LogP contribution in [0, 0.1) is 12.7 Å². The number of anilines is 1. The van der Waals surface area contributed by atoms with E-state index < -0.39 is 0 Å². The summed E-state index contributed by atoms with van der Waals surface area (Å²) in [5, 5.41) is 0. The topological polar surface area (TPSA) is 47.4 Å². The summed E-state index contributed by atoms with van der Waals surface area (Å²) in [4.78, 5) is 18.4. The molecular weight excluding hydrogens is 345 g/mol. The minimum absolute atomic E-state index is 0.0970. The maximum Gasteiger partial charge on any atom is 0.229 e. The van der Waals surface area contributed by atoms with Gasteiger partial charge in [0.05, 0.1) is 18.1 Å². The fraction of sp³-hybridized carbons (Fsp3) is 0.238. The van der Waals surface area contributed by atoms with E-state index in [-0.39, 0.29) is 17.8 Å². The molecule has 5 nitrogen and oxygen atoms in total. The Labute approximate surface area is 157 Å². The van der Waals surface area contributed by atoms with Gasteiger partial charge >= 0.3 is 0 Å². The molecule has 4 rings (SSSR count). The second-order valence-corrected chi connectivity index (χ2v) is 6.74. The quantitative estimate of drug-likeness (QED) is 0.689. The molecule has 6 heteroatoms. The van der Waals surface area contributed by atoms with E-state index in [0.29, 0.717) is 25.3 Å². The lowest BCUT2D eigenvalue weighted by Crippen LogP contribution is -2.24. The Balaban J connectivity index is 1.40. The van der Waals surface area contributed by atoms with Crippen LogP contribution in [0.2, 0.25) is 0 Å². The molecule has 0 radical (unpaired) electrons. The molecule has 0 saturated carbocycles. The van der Waals surface area contributed by atoms with Gasteiger partial charge in [0.1, 0.15) is 18.2 Å². The van der Waals surface area contributed by atoms with Crippen molar-refractivity contribution in [1.82, 2.24) is 9.55 Å². The van der Waals surface area contributed by atoms with Crippen molar-refractivity contribution in [2.75, 3.05) is 11.4 Å². The summed E-state index contributed by atoms with van der Waals surface area (Å²) in [5.74, 6) is 0.498. The molecule has 2 heterocycles. The number of aryl methyl sites for hydroxylation is 1. The molecular formula is C21H20FN3O2. The van der Waals surface area contributed by atoms with Crippen molar-refractivity contribution < 1.29 is 13.9 Å². The second-order valence-electron chi connectivity index (χ2n) is 6.74. The fourth-order valence-electron chi connectivity index (χ4n) is 3.29. The van der Waals surface area contributed by atoms with Crippen LogP contribution >= 0.6 is 0 Å². The first-order chi connectivity index (χ1) is 13.1. The van der Waals surface area contributed by atoms with Crippen LogP contribution in [0.15, 0.2) is 61.1 Å². The van der Waals surface area contributed by atoms with Crippen LogP contribution in [0.1, 0.15) is 23.7 Å². The van der Waals surface area contributed by atoms with Gasteiger partial charge in [0.2, 0.25) is 5.91 Å². The molecule has 0 spiro atoms. The lowest BCUT2D eigenvalue weighted by atomic mass is 10.2. The van der Waals surface area contributed by atoms with Crippen LogP contribution in [0.25, 0.3) is 0 Å². The van der Waals surface area contributed by atoms with Crippen molar-refractivity contribution in [3.63, 3.8) is 0 Å². The van der Waals surface area contributed by atoms with Gasteiger partial charge in [0, 0.05) is 24.8 Å². The van der Waals surface area contributed by atoms with E-state index in [2.05, 4.69) is 4.98 Å². The van der Waals surface area contributed by atoms with Crippen LogP contribution in [-0.2, 0) is 11.4 Å². The Hall–Kier alpha value is -3.15. The van der Waals surface area contributed by atoms with Gasteiger partial charge in [-0.25, -0.2) is 9.37 Å². The summed E-state index contributed by atoms with van der Waals surface area (Å²) in [6, 6.07) is 13.8. The Morgan fingerprint density at radius 1 is 1.22 bits per heavy atom. The van der Waals surface area contributed by atoms with Gasteiger partial charge in [-0.15, -0.1) is 0 Å². The third kappa shape index (κ3) is 3.84. The van der Waals surface area contributed by atoms with Gasteiger partial charge < -0.3 is 14.2 Å². The third-order valence-electron chi connectivity index (χ3n) is 4.70. The Morgan fingerprint density at radius 3 is 2.74 bits per heavy atom. The van der Waals surface area contributed by atoms with Crippen LogP contribution in [0.3, 0.4) is 0 Å². The molecule has 1 fully saturated rings. The average Bonchev–Trinajstić information content (AvgIpc) is 3.26. The molecule has 1 aromatic heterocycles. The summed E-state index contributed by atoms with van der Waals surface area (Å²) in [6.45, 7) is 2.85. The van der Waals surface area contributed by atoms with E-state index in [1.165, 1.54) is 12.1 Å². The number of imidazole rings is 1. The fourth-order valence-corrected chi connectivity index (χ4v) is 3.29. The van der Waals surface area contributed by atoms with Gasteiger partial charge in [-0.2, -0.15) is 0 Å². The predicted octanol–water partition coefficient (Wildman–Crippen LogP) is 3.89. The van der Waals surface area contributed by atoms with Gasteiger partial charge in [-0.05, 0) is 48.9 Å². The number of ether oxygens (including phenoxy) is 1. The van der Waals surface area contributed by atoms with Crippen LogP contribution in [-0.4, -0.2) is 22.0 Å². The summed E-state index contributed by atoms with van der Waals surface area (Å²) >= 11 is 0. The Morgan fingerprint density at radius 2 is 2.04 bits per heavy atom. The average molecular weight is 365 g/mol. The number of halogens is 1. The first-order valence-electron chi connectivity index (χ1n) is 8.86. The third-order valence-corrected chi connectivity index (χ3v) is 4.70. The first-order valence-corrected chi connectivity index (χ1v) is 8.86. The highest BCUT2D eigenvalue weighted by Gasteiger charge is 2.31. The van der Waals surface area contributed by atoms with Crippen LogP contribution in [0.5, 0.6) is 5.75 Å². The highest BCUT2D eigenvalue weighted by atomic mass is 19.1. The van der Waals surface area contributed by atoms with E-state index in [1.54, 1.807) is 17.3 Å². The number of carbonyl (C=O) groups excluding carboxylic acids is 1. The second kappa shape index (κ2) is 7.23. The minimum atomic E-state index is -0.276. The van der Waals surface area contributed by atoms with E-state index in [9.17, 15) is 9.18 Å². The van der Waals surface area contributed by atoms with Gasteiger partial charge in [-0.3, -0.25) is 4.79 Å². The van der Waals surface area contributed by atoms with Gasteiger partial charge in [0.15, 0.2) is 0 Å². The van der Waals surface area contributed by atoms with E-state index in [4.69, 9.17) is 4.74 Å². The zero-order valence-electron chi connectivity index (χ0n) is 15.0. The number of benzene rings is 2. The number of rotatable bonds is 5. The van der Waals surface area contributed by atoms with Crippen LogP contribution < -0.4 is 9.64 Å². The Bertz CT molecular complexity index is 952. The number of hydrogen-bond acceptors (Lipinski definition) is 3. The number of aromatic nitrogens is 2. The molecule has 27 heavy (non-hydrogen) atoms. The molecule has 1 atom stereocenters. The largest absolute Gasteiger partial charge is 0.489 e. The lowest BCUT2D eigenvalue weighted by Gasteiger charge is -2.17. The van der Waals surface area contributed by atoms with E-state index >= 15 is 0 Å². The summed E-state index contributed by atoms with van der Waals surface area (Å²) in [7, 11) is 0. The van der Waals surface area contributed by atoms with Crippen molar-refractivity contribution >= 4 is 11.6 Å². The molecule has 0 unspecified atom stereocenters. The summed E-state index contributed by atoms with van der Waals surface area (Å²) in [6.07, 6.45) is 4.21. The normalized spacial score (nSPS) is 16.7. The molecule has 1 aliphatic rings. The standard InChI is InChI=1S/C21H20FN3O2/c1-15-11-24(14-23-15)19-10-21(26)25(12-19)18-5-7-20(8-6-18)27-13-16-3-2-4-17(22)9-16/h2-9,11,14,19H,10,12-13H2,1H3/t19-/m1/s1. The van der Waals surface area contributed by atoms with E-state index in [0.717, 1.165) is 16.9 Å². The molecule has 0 bridgehead atoms. The predicted molar refractivity (Wildman–Crippen MR) is 100 cm³/mol. The molecule has 0 N–H and O–H groups in total. The zero-order chi connectivity index (χ0) is 18.8. The highest BCUT2D eigenvalue weighted by Crippen LogP contribution is 2.29. The molecule has 2 aromatic carbocycles. The molecule has 1 amide bonds. The first kappa shape index (κ1) is 17.3. The molecule has 0 aliphatic carbocycles. The molecule has 138 valence electrons. The SMILES string of the molecule is Cc1cn([C@@H]2CC(=O)N(c3ccc(OCc4cccc(F)c4)cc3)C2)cn1. The highest BCUT2D eigenvalue weighted by molar-refractivity contribution is 5.96. The molecule has 3 aromatic rings. The van der Waals surface area contributed by atoms with E-state index in [1.807, 2.05) is 48.0 Å². The molecule has 1 saturated heterocycles. The Kier molecular flexibility index (Phi) is 4.62. The number of hydrogen-bond donors (Lipinski definition) is 0. The van der Waals surface area contributed by atoms with Crippen molar-refractivity contribution in [3.8, 4) is 5.75 Å². The minimum Gasteiger partial charge on any atom is -0.489 e. The summed E-state index contributed by atoms with van der Waals surface area (Å²) < 4.78 is 20.9. The summed E-state index contributed by atoms with van der Waals surface area (Å²) in [5.41, 5.74) is 2.56. The van der Waals surface area contributed by atoms with Crippen LogP contribution in [0.4, 0.5) is 10.1 Å². The maximum atomic E-state index is 13.2. The molecule has 1 aliphatic heterocycles. The zero-order valence-corrected chi connectivity index (χ0v) is 15.0. The smallest absolute Gasteiger partial charge is 0.229 e. The number of nitrogens with zero attached hydrogens (tertiary/aromatic N) is 3. The van der Waals surface area contributed by atoms with Crippen molar-refractivity contribution in [3.05, 3.63) is 78.1 Å². The van der Waals surface area contributed by atoms with Crippen molar-refractivity contribution in [1.29, 1.82) is 0 Å². The monoisotopic (exact) mass is 365 g/mol. The van der Waals surface area contributed by atoms with Gasteiger partial charge in [-0.1, -0.05) is 12.1 Å². The number of carbonyl (C=O) groups is 1. The maximum absolute atomic E-state index is 13.2. The number of amides is 1. The van der Waals surface area contributed by atoms with Crippen molar-refractivity contribution in [2.45, 2.75) is 26.0 Å². The van der Waals surface area contributed by atoms with Crippen molar-refractivity contribution in [2.24, 2.45) is 0 Å². The van der Waals surface area contributed by atoms with Gasteiger partial charge in [0.25, 0.3) is 0 Å².